The number of carbonyl (C=O) groups is 2. The van der Waals surface area contributed by atoms with Gasteiger partial charge in [0.05, 0.1) is 11.9 Å². The van der Waals surface area contributed by atoms with Crippen LogP contribution >= 0.6 is 0 Å². The van der Waals surface area contributed by atoms with E-state index in [1.807, 2.05) is 0 Å². The lowest BCUT2D eigenvalue weighted by molar-refractivity contribution is -0.114. The number of hydrogen-bond donors (Lipinski definition) is 2. The van der Waals surface area contributed by atoms with Crippen molar-refractivity contribution < 1.29 is 9.59 Å². The zero-order valence-electron chi connectivity index (χ0n) is 14.8. The van der Waals surface area contributed by atoms with E-state index in [9.17, 15) is 9.59 Å². The second-order valence-corrected chi connectivity index (χ2v) is 6.14. The topological polar surface area (TPSA) is 114 Å². The highest BCUT2D eigenvalue weighted by Gasteiger charge is 2.38. The number of anilines is 1. The molecule has 0 fully saturated rings. The molecule has 1 aliphatic rings. The summed E-state index contributed by atoms with van der Waals surface area (Å²) in [5.41, 5.74) is 0.461. The van der Waals surface area contributed by atoms with E-state index in [4.69, 9.17) is 6.42 Å². The maximum Gasteiger partial charge on any atom is 0.271 e. The van der Waals surface area contributed by atoms with Gasteiger partial charge in [-0.15, -0.1) is 12.3 Å². The molecule has 0 saturated carbocycles. The van der Waals surface area contributed by atoms with Gasteiger partial charge in [0.1, 0.15) is 17.8 Å². The van der Waals surface area contributed by atoms with Gasteiger partial charge in [0.2, 0.25) is 5.91 Å². The zero-order valence-corrected chi connectivity index (χ0v) is 14.8. The molecule has 0 aromatic carbocycles. The Kier molecular flexibility index (Phi) is 5.26. The van der Waals surface area contributed by atoms with E-state index in [2.05, 4.69) is 36.8 Å². The minimum atomic E-state index is -0.418. The number of terminal acetylenes is 1. The van der Waals surface area contributed by atoms with Gasteiger partial charge in [-0.05, 0) is 12.1 Å². The smallest absolute Gasteiger partial charge is 0.271 e. The molecule has 2 N–H and O–H groups in total. The average Bonchev–Trinajstić information content (AvgIpc) is 3.23. The van der Waals surface area contributed by atoms with Crippen LogP contribution in [0.25, 0.3) is 5.82 Å². The molecule has 9 nitrogen and oxygen atoms in total. The standard InChI is InChI=1S/C18H19N7O2/c1-3-4-7-18(23-24-18)8-9-19-17(27)15-11-25(12-21-15)16-6-5-14(10-20-16)22-13(2)26/h1,5-6,10-12H,4,7-9H2,2H3,(H,19,27)(H,22,26). The van der Waals surface area contributed by atoms with Crippen LogP contribution in [0.1, 0.15) is 36.7 Å². The number of imidazole rings is 1. The van der Waals surface area contributed by atoms with Crippen molar-refractivity contribution in [1.82, 2.24) is 19.9 Å². The van der Waals surface area contributed by atoms with Crippen LogP contribution in [0.4, 0.5) is 5.69 Å². The molecule has 9 heteroatoms. The summed E-state index contributed by atoms with van der Waals surface area (Å²) in [4.78, 5) is 31.6. The normalized spacial score (nSPS) is 13.6. The van der Waals surface area contributed by atoms with Crippen molar-refractivity contribution in [1.29, 1.82) is 0 Å². The number of aromatic nitrogens is 3. The van der Waals surface area contributed by atoms with Crippen LogP contribution in [0.3, 0.4) is 0 Å². The molecule has 0 radical (unpaired) electrons. The fourth-order valence-electron chi connectivity index (χ4n) is 2.52. The Morgan fingerprint density at radius 2 is 2.07 bits per heavy atom. The largest absolute Gasteiger partial charge is 0.350 e. The molecular weight excluding hydrogens is 346 g/mol. The second-order valence-electron chi connectivity index (χ2n) is 6.14. The highest BCUT2D eigenvalue weighted by Crippen LogP contribution is 2.36. The van der Waals surface area contributed by atoms with Crippen LogP contribution in [0, 0.1) is 12.3 Å². The van der Waals surface area contributed by atoms with Gasteiger partial charge in [-0.1, -0.05) is 0 Å². The Hall–Kier alpha value is -3.54. The molecule has 0 aliphatic carbocycles. The summed E-state index contributed by atoms with van der Waals surface area (Å²) in [6, 6.07) is 3.45. The number of amides is 2. The van der Waals surface area contributed by atoms with Crippen molar-refractivity contribution in [3.63, 3.8) is 0 Å². The maximum atomic E-state index is 12.2. The highest BCUT2D eigenvalue weighted by molar-refractivity contribution is 5.92. The Morgan fingerprint density at radius 3 is 2.70 bits per heavy atom. The van der Waals surface area contributed by atoms with Gasteiger partial charge in [0.25, 0.3) is 5.91 Å². The third-order valence-electron chi connectivity index (χ3n) is 4.01. The predicted molar refractivity (Wildman–Crippen MR) is 98.3 cm³/mol. The third kappa shape index (κ3) is 4.76. The molecule has 3 rings (SSSR count). The molecule has 2 aromatic heterocycles. The Balaban J connectivity index is 1.53. The van der Waals surface area contributed by atoms with Crippen LogP contribution < -0.4 is 10.6 Å². The van der Waals surface area contributed by atoms with E-state index in [1.165, 1.54) is 19.4 Å². The summed E-state index contributed by atoms with van der Waals surface area (Å²) >= 11 is 0. The van der Waals surface area contributed by atoms with Crippen molar-refractivity contribution in [2.75, 3.05) is 11.9 Å². The van der Waals surface area contributed by atoms with E-state index >= 15 is 0 Å². The molecule has 138 valence electrons. The minimum Gasteiger partial charge on any atom is -0.350 e. The fourth-order valence-corrected chi connectivity index (χ4v) is 2.52. The monoisotopic (exact) mass is 365 g/mol. The van der Waals surface area contributed by atoms with Crippen LogP contribution in [0.2, 0.25) is 0 Å². The SMILES string of the molecule is C#CCCC1(CCNC(=O)c2cn(-c3ccc(NC(C)=O)cn3)cn2)N=N1. The summed E-state index contributed by atoms with van der Waals surface area (Å²) in [6.07, 6.45) is 11.8. The summed E-state index contributed by atoms with van der Waals surface area (Å²) in [5.74, 6) is 2.71. The first-order chi connectivity index (χ1) is 13.0. The maximum absolute atomic E-state index is 12.2. The van der Waals surface area contributed by atoms with Gasteiger partial charge >= 0.3 is 0 Å². The van der Waals surface area contributed by atoms with Gasteiger partial charge in [-0.3, -0.25) is 14.2 Å². The molecular formula is C18H19N7O2. The van der Waals surface area contributed by atoms with Crippen molar-refractivity contribution >= 4 is 17.5 Å². The molecule has 0 saturated heterocycles. The summed E-state index contributed by atoms with van der Waals surface area (Å²) in [5, 5.41) is 13.5. The van der Waals surface area contributed by atoms with Gasteiger partial charge in [-0.2, -0.15) is 10.2 Å². The second kappa shape index (κ2) is 7.78. The van der Waals surface area contributed by atoms with Gasteiger partial charge < -0.3 is 10.6 Å². The molecule has 0 spiro atoms. The first kappa shape index (κ1) is 18.3. The van der Waals surface area contributed by atoms with Crippen LogP contribution in [0.5, 0.6) is 0 Å². The van der Waals surface area contributed by atoms with E-state index in [0.717, 1.165) is 0 Å². The van der Waals surface area contributed by atoms with Crippen LogP contribution in [-0.2, 0) is 4.79 Å². The van der Waals surface area contributed by atoms with Gasteiger partial charge in [-0.25, -0.2) is 9.97 Å². The Bertz CT molecular complexity index is 903. The lowest BCUT2D eigenvalue weighted by Gasteiger charge is -2.09. The van der Waals surface area contributed by atoms with Crippen LogP contribution in [0.15, 0.2) is 41.1 Å². The first-order valence-corrected chi connectivity index (χ1v) is 8.45. The molecule has 1 aliphatic heterocycles. The van der Waals surface area contributed by atoms with E-state index < -0.39 is 5.66 Å². The van der Waals surface area contributed by atoms with Crippen molar-refractivity contribution in [3.05, 3.63) is 36.5 Å². The van der Waals surface area contributed by atoms with Crippen LogP contribution in [-0.4, -0.2) is 38.6 Å². The molecule has 27 heavy (non-hydrogen) atoms. The van der Waals surface area contributed by atoms with Gasteiger partial charge in [0, 0.05) is 38.9 Å². The molecule has 0 bridgehead atoms. The number of hydrogen-bond acceptors (Lipinski definition) is 6. The zero-order chi connectivity index (χ0) is 19.3. The van der Waals surface area contributed by atoms with E-state index in [1.54, 1.807) is 22.9 Å². The summed E-state index contributed by atoms with van der Waals surface area (Å²) in [7, 11) is 0. The lowest BCUT2D eigenvalue weighted by atomic mass is 10.0. The number of rotatable bonds is 8. The molecule has 0 atom stereocenters. The molecule has 3 heterocycles. The molecule has 2 aromatic rings. The summed E-state index contributed by atoms with van der Waals surface area (Å²) < 4.78 is 1.63. The fraction of sp³-hybridized carbons (Fsp3) is 0.333. The molecule has 2 amide bonds. The number of nitrogens with one attached hydrogen (secondary N) is 2. The number of nitrogens with zero attached hydrogens (tertiary/aromatic N) is 5. The Morgan fingerprint density at radius 1 is 1.26 bits per heavy atom. The van der Waals surface area contributed by atoms with Gasteiger partial charge in [0.15, 0.2) is 5.66 Å². The number of carbonyl (C=O) groups excluding carboxylic acids is 2. The van der Waals surface area contributed by atoms with Crippen molar-refractivity contribution in [3.8, 4) is 18.2 Å². The van der Waals surface area contributed by atoms with Crippen molar-refractivity contribution in [2.45, 2.75) is 31.8 Å². The lowest BCUT2D eigenvalue weighted by Crippen LogP contribution is -2.28. The minimum absolute atomic E-state index is 0.168. The summed E-state index contributed by atoms with van der Waals surface area (Å²) in [6.45, 7) is 1.87. The van der Waals surface area contributed by atoms with E-state index in [0.29, 0.717) is 37.3 Å². The Labute approximate surface area is 156 Å². The van der Waals surface area contributed by atoms with E-state index in [-0.39, 0.29) is 17.5 Å². The third-order valence-corrected chi connectivity index (χ3v) is 4.01. The quantitative estimate of drug-likeness (QED) is 0.696. The molecule has 0 unspecified atom stereocenters. The first-order valence-electron chi connectivity index (χ1n) is 8.45. The average molecular weight is 365 g/mol. The highest BCUT2D eigenvalue weighted by atomic mass is 16.2. The number of pyridine rings is 1. The predicted octanol–water partition coefficient (Wildman–Crippen LogP) is 1.92. The van der Waals surface area contributed by atoms with Crippen molar-refractivity contribution in [2.24, 2.45) is 10.2 Å².